The summed E-state index contributed by atoms with van der Waals surface area (Å²) in [6.45, 7) is 0. The fourth-order valence-corrected chi connectivity index (χ4v) is 8.83. The molecule has 0 unspecified atom stereocenters. The Kier molecular flexibility index (Phi) is 5.58. The lowest BCUT2D eigenvalue weighted by Gasteiger charge is -2.15. The topological polar surface area (TPSA) is 43.6 Å². The molecule has 0 radical (unpaired) electrons. The highest BCUT2D eigenvalue weighted by atomic mass is 32.1. The van der Waals surface area contributed by atoms with Crippen molar-refractivity contribution in [2.45, 2.75) is 0 Å². The largest absolute Gasteiger partial charge is 0.309 e. The third kappa shape index (κ3) is 5.32. The van der Waals surface area contributed by atoms with Crippen molar-refractivity contribution in [3.8, 4) is 62.1 Å². The molecular weight excluding hydrogens is 701 g/mol. The molecule has 0 N–H and O–H groups in total. The Balaban J connectivity index is 1.23. The Bertz CT molecular complexity index is 3740. The zero-order valence-corrected chi connectivity index (χ0v) is 30.2. The molecule has 0 saturated heterocycles. The normalized spacial score (nSPS) is 14.1. The van der Waals surface area contributed by atoms with Crippen LogP contribution < -0.4 is 0 Å². The molecule has 0 amide bonds. The van der Waals surface area contributed by atoms with E-state index >= 15 is 0 Å². The first-order chi connectivity index (χ1) is 31.9. The van der Waals surface area contributed by atoms with Gasteiger partial charge in [-0.2, -0.15) is 0 Å². The van der Waals surface area contributed by atoms with Gasteiger partial charge in [-0.1, -0.05) is 151 Å². The fraction of sp³-hybridized carbons (Fsp3) is 0. The Morgan fingerprint density at radius 1 is 0.429 bits per heavy atom. The Hall–Kier alpha value is -7.21. The number of aromatic nitrogens is 4. The van der Waals surface area contributed by atoms with Gasteiger partial charge in [0.25, 0.3) is 0 Å². The van der Waals surface area contributed by atoms with Gasteiger partial charge >= 0.3 is 0 Å². The molecule has 0 fully saturated rings. The predicted octanol–water partition coefficient (Wildman–Crippen LogP) is 13.7. The minimum Gasteiger partial charge on any atom is -0.309 e. The third-order valence-electron chi connectivity index (χ3n) is 10.0. The molecule has 0 aliphatic rings. The van der Waals surface area contributed by atoms with Crippen LogP contribution in [-0.2, 0) is 0 Å². The second-order valence-electron chi connectivity index (χ2n) is 13.2. The molecule has 0 saturated carbocycles. The van der Waals surface area contributed by atoms with Gasteiger partial charge in [0.1, 0.15) is 0 Å². The molecule has 8 aromatic carbocycles. The summed E-state index contributed by atoms with van der Waals surface area (Å²) in [6.07, 6.45) is 0. The molecule has 5 heteroatoms. The van der Waals surface area contributed by atoms with Crippen LogP contribution in [0.3, 0.4) is 0 Å². The highest BCUT2D eigenvalue weighted by molar-refractivity contribution is 7.26. The van der Waals surface area contributed by atoms with Gasteiger partial charge in [0.2, 0.25) is 0 Å². The van der Waals surface area contributed by atoms with Crippen LogP contribution in [0.2, 0.25) is 0 Å². The summed E-state index contributed by atoms with van der Waals surface area (Å²) in [5.74, 6) is 1.16. The smallest absolute Gasteiger partial charge is 0.166 e. The van der Waals surface area contributed by atoms with E-state index in [-0.39, 0.29) is 22.3 Å². The van der Waals surface area contributed by atoms with Gasteiger partial charge in [-0.25, -0.2) is 15.0 Å². The van der Waals surface area contributed by atoms with Gasteiger partial charge < -0.3 is 4.57 Å². The van der Waals surface area contributed by atoms with Crippen molar-refractivity contribution in [1.29, 1.82) is 0 Å². The van der Waals surface area contributed by atoms with E-state index < -0.39 is 60.4 Å². The van der Waals surface area contributed by atoms with Gasteiger partial charge in [-0.3, -0.25) is 0 Å². The minimum atomic E-state index is -0.552. The Labute approximate surface area is 341 Å². The molecule has 0 bridgehead atoms. The minimum absolute atomic E-state index is 0.0798. The van der Waals surface area contributed by atoms with Crippen molar-refractivity contribution in [3.63, 3.8) is 0 Å². The predicted molar refractivity (Wildman–Crippen MR) is 234 cm³/mol. The van der Waals surface area contributed by atoms with Crippen molar-refractivity contribution < 1.29 is 13.7 Å². The number of rotatable bonds is 6. The Morgan fingerprint density at radius 3 is 1.75 bits per heavy atom. The van der Waals surface area contributed by atoms with Gasteiger partial charge in [0.15, 0.2) is 17.5 Å². The molecule has 4 nitrogen and oxygen atoms in total. The summed E-state index contributed by atoms with van der Waals surface area (Å²) < 4.78 is 90.3. The summed E-state index contributed by atoms with van der Waals surface area (Å²) in [7, 11) is 0. The molecule has 0 aliphatic carbocycles. The van der Waals surface area contributed by atoms with E-state index in [2.05, 4.69) is 28.8 Å². The first kappa shape index (κ1) is 23.5. The maximum absolute atomic E-state index is 9.03. The van der Waals surface area contributed by atoms with Crippen LogP contribution in [0.25, 0.3) is 104 Å². The monoisotopic (exact) mass is 742 g/mol. The van der Waals surface area contributed by atoms with Crippen LogP contribution in [0.5, 0.6) is 0 Å². The second-order valence-corrected chi connectivity index (χ2v) is 14.3. The van der Waals surface area contributed by atoms with E-state index in [1.807, 2.05) is 97.1 Å². The molecule has 0 atom stereocenters. The average Bonchev–Trinajstić information content (AvgIpc) is 3.90. The zero-order valence-electron chi connectivity index (χ0n) is 39.4. The van der Waals surface area contributed by atoms with Crippen LogP contribution in [-0.4, -0.2) is 19.5 Å². The van der Waals surface area contributed by atoms with Gasteiger partial charge in [-0.15, -0.1) is 11.3 Å². The van der Waals surface area contributed by atoms with Crippen molar-refractivity contribution >= 4 is 53.3 Å². The zero-order chi connectivity index (χ0) is 45.7. The summed E-state index contributed by atoms with van der Waals surface area (Å²) in [5.41, 5.74) is 5.27. The molecule has 0 aliphatic heterocycles. The molecule has 0 spiro atoms. The van der Waals surface area contributed by atoms with Crippen LogP contribution in [0.15, 0.2) is 194 Å². The summed E-state index contributed by atoms with van der Waals surface area (Å²) in [5, 5.41) is 3.41. The number of nitrogens with zero attached hydrogens (tertiary/aromatic N) is 4. The van der Waals surface area contributed by atoms with Crippen LogP contribution >= 0.6 is 11.3 Å². The maximum Gasteiger partial charge on any atom is 0.166 e. The Morgan fingerprint density at radius 2 is 1.02 bits per heavy atom. The third-order valence-corrected chi connectivity index (χ3v) is 11.2. The van der Waals surface area contributed by atoms with E-state index in [1.165, 1.54) is 11.3 Å². The second kappa shape index (κ2) is 13.3. The lowest BCUT2D eigenvalue weighted by atomic mass is 9.95. The van der Waals surface area contributed by atoms with Crippen LogP contribution in [0.1, 0.15) is 13.7 Å². The number of benzene rings is 8. The van der Waals surface area contributed by atoms with E-state index in [4.69, 9.17) is 28.7 Å². The van der Waals surface area contributed by atoms with E-state index in [0.29, 0.717) is 38.5 Å². The standard InChI is InChI=1S/C51H32N4S/c1-4-17-33(18-5-1)36-31-41(34-19-6-2-7-20-34)48-42(32-36)47-40(26-16-30-46(47)56-48)51-53-49(35-21-8-3-9-22-35)52-50(54-51)39-25-12-15-29-45(39)55-43-27-13-10-23-37(43)38-24-11-14-28-44(38)55/h1-32H/i1D,2D,4D,5D,6D,7D,17D,18D,19D,20D. The van der Waals surface area contributed by atoms with E-state index in [9.17, 15) is 0 Å². The SMILES string of the molecule is [2H]c1c([2H])c([2H])c(-c2cc(-c3c([2H])c([2H])c([2H])c([2H])c3[2H])c3sc4cccc(-c5nc(-c6ccccc6)nc(-c6ccccc6-n6c7ccccc7c7ccccc76)n5)c4c3c2)c([2H])c1[2H]. The lowest BCUT2D eigenvalue weighted by molar-refractivity contribution is 1.07. The molecular formula is C51H32N4S. The van der Waals surface area contributed by atoms with Gasteiger partial charge in [0.05, 0.1) is 30.4 Å². The summed E-state index contributed by atoms with van der Waals surface area (Å²) >= 11 is 1.34. The van der Waals surface area contributed by atoms with E-state index in [1.54, 1.807) is 12.1 Å². The number of thiophene rings is 1. The van der Waals surface area contributed by atoms with E-state index in [0.717, 1.165) is 43.3 Å². The van der Waals surface area contributed by atoms with Crippen molar-refractivity contribution in [3.05, 3.63) is 194 Å². The molecule has 3 heterocycles. The van der Waals surface area contributed by atoms with Crippen molar-refractivity contribution in [2.24, 2.45) is 0 Å². The molecule has 11 rings (SSSR count). The maximum atomic E-state index is 9.03. The van der Waals surface area contributed by atoms with Gasteiger partial charge in [0, 0.05) is 53.2 Å². The molecule has 262 valence electrons. The van der Waals surface area contributed by atoms with Crippen LogP contribution in [0, 0.1) is 0 Å². The fourth-order valence-electron chi connectivity index (χ4n) is 7.60. The van der Waals surface area contributed by atoms with Crippen LogP contribution in [0.4, 0.5) is 0 Å². The number of para-hydroxylation sites is 3. The number of fused-ring (bicyclic) bond motifs is 6. The number of hydrogen-bond donors (Lipinski definition) is 0. The summed E-state index contributed by atoms with van der Waals surface area (Å²) in [4.78, 5) is 15.5. The molecule has 3 aromatic heterocycles. The van der Waals surface area contributed by atoms with Crippen molar-refractivity contribution in [1.82, 2.24) is 19.5 Å². The quantitative estimate of drug-likeness (QED) is 0.170. The van der Waals surface area contributed by atoms with Gasteiger partial charge in [-0.05, 0) is 59.2 Å². The van der Waals surface area contributed by atoms with Crippen molar-refractivity contribution in [2.75, 3.05) is 0 Å². The first-order valence-corrected chi connectivity index (χ1v) is 18.8. The average molecular weight is 743 g/mol. The molecule has 56 heavy (non-hydrogen) atoms. The highest BCUT2D eigenvalue weighted by Gasteiger charge is 2.22. The lowest BCUT2D eigenvalue weighted by Crippen LogP contribution is -2.03. The molecule has 11 aromatic rings. The first-order valence-electron chi connectivity index (χ1n) is 23.0. The highest BCUT2D eigenvalue weighted by Crippen LogP contribution is 2.46. The number of hydrogen-bond acceptors (Lipinski definition) is 4. The summed E-state index contributed by atoms with van der Waals surface area (Å²) in [6, 6.07) is 38.1.